The van der Waals surface area contributed by atoms with Crippen molar-refractivity contribution in [2.75, 3.05) is 0 Å². The minimum atomic E-state index is -0.769. The number of benzene rings is 2. The lowest BCUT2D eigenvalue weighted by atomic mass is 9.88. The van der Waals surface area contributed by atoms with Crippen molar-refractivity contribution in [2.45, 2.75) is 44.7 Å². The van der Waals surface area contributed by atoms with E-state index in [1.165, 1.54) is 4.90 Å². The molecule has 1 fully saturated rings. The minimum Gasteiger partial charge on any atom is -0.269 e. The molecule has 2 aromatic carbocycles. The second kappa shape index (κ2) is 6.93. The first-order valence-corrected chi connectivity index (χ1v) is 9.69. The number of halogens is 1. The lowest BCUT2D eigenvalue weighted by Gasteiger charge is -2.37. The summed E-state index contributed by atoms with van der Waals surface area (Å²) in [5.74, 6) is -0.638. The fourth-order valence-electron chi connectivity index (χ4n) is 3.99. The summed E-state index contributed by atoms with van der Waals surface area (Å²) >= 11 is 6.06. The molecule has 4 rings (SSSR count). The molecule has 0 N–H and O–H groups in total. The molecular formula is C22H21ClN2O2. The largest absolute Gasteiger partial charge is 0.281 e. The topological polar surface area (TPSA) is 49.7 Å². The number of carbonyl (C=O) groups excluding carboxylic acids is 2. The van der Waals surface area contributed by atoms with Crippen molar-refractivity contribution in [1.29, 1.82) is 0 Å². The third kappa shape index (κ3) is 3.19. The van der Waals surface area contributed by atoms with Gasteiger partial charge in [-0.2, -0.15) is 0 Å². The van der Waals surface area contributed by atoms with E-state index in [2.05, 4.69) is 0 Å². The molecule has 0 radical (unpaired) electrons. The molecule has 27 heavy (non-hydrogen) atoms. The van der Waals surface area contributed by atoms with Gasteiger partial charge < -0.3 is 0 Å². The number of rotatable bonds is 2. The van der Waals surface area contributed by atoms with Gasteiger partial charge in [0.05, 0.1) is 0 Å². The molecular weight excluding hydrogens is 360 g/mol. The van der Waals surface area contributed by atoms with Crippen LogP contribution in [0, 0.1) is 6.92 Å². The van der Waals surface area contributed by atoms with Crippen LogP contribution in [0.5, 0.6) is 0 Å². The van der Waals surface area contributed by atoms with Crippen LogP contribution in [-0.4, -0.2) is 28.1 Å². The fourth-order valence-corrected chi connectivity index (χ4v) is 4.18. The summed E-state index contributed by atoms with van der Waals surface area (Å²) in [6, 6.07) is 14.5. The molecule has 1 heterocycles. The number of aryl methyl sites for hydroxylation is 1. The number of amides is 2. The van der Waals surface area contributed by atoms with Crippen LogP contribution in [-0.2, 0) is 4.79 Å². The lowest BCUT2D eigenvalue weighted by molar-refractivity contribution is -0.125. The average Bonchev–Trinajstić information content (AvgIpc) is 2.94. The predicted octanol–water partition coefficient (Wildman–Crippen LogP) is 4.78. The quantitative estimate of drug-likeness (QED) is 0.704. The zero-order valence-electron chi connectivity index (χ0n) is 15.2. The SMILES string of the molecule is Cc1ccc(C2=NC3(CCCCC3)N(C(=O)c3cccc(Cl)c3)C2=O)cc1. The van der Waals surface area contributed by atoms with Crippen LogP contribution in [0.25, 0.3) is 0 Å². The fraction of sp³-hybridized carbons (Fsp3) is 0.318. The molecule has 2 amide bonds. The van der Waals surface area contributed by atoms with E-state index in [9.17, 15) is 9.59 Å². The Kier molecular flexibility index (Phi) is 4.60. The van der Waals surface area contributed by atoms with E-state index >= 15 is 0 Å². The normalized spacial score (nSPS) is 18.7. The molecule has 1 aliphatic heterocycles. The summed E-state index contributed by atoms with van der Waals surface area (Å²) in [4.78, 5) is 32.8. The molecule has 138 valence electrons. The molecule has 1 aliphatic carbocycles. The van der Waals surface area contributed by atoms with E-state index in [0.29, 0.717) is 29.1 Å². The molecule has 2 aromatic rings. The first-order chi connectivity index (χ1) is 13.0. The number of carbonyl (C=O) groups is 2. The summed E-state index contributed by atoms with van der Waals surface area (Å²) < 4.78 is 0. The molecule has 2 aliphatic rings. The molecule has 1 spiro atoms. The summed E-state index contributed by atoms with van der Waals surface area (Å²) in [5, 5.41) is 0.477. The highest BCUT2D eigenvalue weighted by atomic mass is 35.5. The molecule has 0 bridgehead atoms. The van der Waals surface area contributed by atoms with Crippen molar-refractivity contribution in [3.8, 4) is 0 Å². The van der Waals surface area contributed by atoms with Crippen LogP contribution in [0.3, 0.4) is 0 Å². The van der Waals surface area contributed by atoms with Gasteiger partial charge in [0.1, 0.15) is 11.4 Å². The molecule has 4 nitrogen and oxygen atoms in total. The van der Waals surface area contributed by atoms with Gasteiger partial charge in [-0.3, -0.25) is 14.6 Å². The number of aliphatic imine (C=N–C) groups is 1. The van der Waals surface area contributed by atoms with Crippen LogP contribution in [0.2, 0.25) is 5.02 Å². The van der Waals surface area contributed by atoms with Crippen molar-refractivity contribution >= 4 is 29.1 Å². The monoisotopic (exact) mass is 380 g/mol. The van der Waals surface area contributed by atoms with Crippen LogP contribution < -0.4 is 0 Å². The third-order valence-electron chi connectivity index (χ3n) is 5.40. The van der Waals surface area contributed by atoms with Crippen molar-refractivity contribution in [3.63, 3.8) is 0 Å². The minimum absolute atomic E-state index is 0.314. The second-order valence-corrected chi connectivity index (χ2v) is 7.76. The van der Waals surface area contributed by atoms with Gasteiger partial charge in [-0.25, -0.2) is 4.90 Å². The zero-order valence-corrected chi connectivity index (χ0v) is 16.0. The first kappa shape index (κ1) is 17.9. The van der Waals surface area contributed by atoms with Gasteiger partial charge in [0.15, 0.2) is 0 Å². The van der Waals surface area contributed by atoms with Crippen LogP contribution in [0.1, 0.15) is 53.6 Å². The predicted molar refractivity (Wildman–Crippen MR) is 106 cm³/mol. The lowest BCUT2D eigenvalue weighted by Crippen LogP contribution is -2.51. The van der Waals surface area contributed by atoms with Gasteiger partial charge in [0.25, 0.3) is 11.8 Å². The maximum absolute atomic E-state index is 13.3. The Balaban J connectivity index is 1.77. The number of hydrogen-bond acceptors (Lipinski definition) is 3. The first-order valence-electron chi connectivity index (χ1n) is 9.32. The standard InChI is InChI=1S/C22H21ClN2O2/c1-15-8-10-16(11-9-15)19-21(27)25(22(24-19)12-3-2-4-13-22)20(26)17-6-5-7-18(23)14-17/h5-11,14H,2-4,12-13H2,1H3. The number of imide groups is 1. The molecule has 0 saturated heterocycles. The Hall–Kier alpha value is -2.46. The summed E-state index contributed by atoms with van der Waals surface area (Å²) in [6.45, 7) is 2.00. The van der Waals surface area contributed by atoms with Gasteiger partial charge in [-0.05, 0) is 50.8 Å². The van der Waals surface area contributed by atoms with Crippen LogP contribution in [0.4, 0.5) is 0 Å². The van der Waals surface area contributed by atoms with E-state index < -0.39 is 5.66 Å². The van der Waals surface area contributed by atoms with Gasteiger partial charge in [-0.15, -0.1) is 0 Å². The van der Waals surface area contributed by atoms with Gasteiger partial charge in [0, 0.05) is 16.1 Å². The van der Waals surface area contributed by atoms with E-state index in [1.807, 2.05) is 31.2 Å². The number of hydrogen-bond donors (Lipinski definition) is 0. The van der Waals surface area contributed by atoms with Crippen molar-refractivity contribution < 1.29 is 9.59 Å². The molecule has 0 unspecified atom stereocenters. The van der Waals surface area contributed by atoms with Gasteiger partial charge in [-0.1, -0.05) is 53.9 Å². The van der Waals surface area contributed by atoms with E-state index in [4.69, 9.17) is 16.6 Å². The van der Waals surface area contributed by atoms with E-state index in [0.717, 1.165) is 30.4 Å². The second-order valence-electron chi connectivity index (χ2n) is 7.33. The average molecular weight is 381 g/mol. The number of nitrogens with zero attached hydrogens (tertiary/aromatic N) is 2. The molecule has 0 atom stereocenters. The zero-order chi connectivity index (χ0) is 19.0. The highest BCUT2D eigenvalue weighted by molar-refractivity contribution is 6.49. The Morgan fingerprint density at radius 3 is 2.44 bits per heavy atom. The van der Waals surface area contributed by atoms with Gasteiger partial charge >= 0.3 is 0 Å². The Morgan fingerprint density at radius 1 is 1.07 bits per heavy atom. The van der Waals surface area contributed by atoms with Crippen molar-refractivity contribution in [1.82, 2.24) is 4.90 Å². The maximum Gasteiger partial charge on any atom is 0.281 e. The van der Waals surface area contributed by atoms with Crippen LogP contribution in [0.15, 0.2) is 53.5 Å². The van der Waals surface area contributed by atoms with Gasteiger partial charge in [0.2, 0.25) is 0 Å². The van der Waals surface area contributed by atoms with Crippen LogP contribution >= 0.6 is 11.6 Å². The molecule has 5 heteroatoms. The Labute approximate surface area is 163 Å². The highest BCUT2D eigenvalue weighted by Crippen LogP contribution is 2.40. The summed E-state index contributed by atoms with van der Waals surface area (Å²) in [6.07, 6.45) is 4.43. The van der Waals surface area contributed by atoms with E-state index in [-0.39, 0.29) is 11.8 Å². The van der Waals surface area contributed by atoms with E-state index in [1.54, 1.807) is 24.3 Å². The third-order valence-corrected chi connectivity index (χ3v) is 5.63. The van der Waals surface area contributed by atoms with Crippen molar-refractivity contribution in [3.05, 3.63) is 70.2 Å². The summed E-state index contributed by atoms with van der Waals surface area (Å²) in [7, 11) is 0. The smallest absolute Gasteiger partial charge is 0.269 e. The summed E-state index contributed by atoms with van der Waals surface area (Å²) in [5.41, 5.74) is 1.91. The Morgan fingerprint density at radius 2 is 1.78 bits per heavy atom. The molecule has 0 aromatic heterocycles. The highest BCUT2D eigenvalue weighted by Gasteiger charge is 2.51. The molecule has 1 saturated carbocycles. The maximum atomic E-state index is 13.3. The van der Waals surface area contributed by atoms with Crippen molar-refractivity contribution in [2.24, 2.45) is 4.99 Å². The Bertz CT molecular complexity index is 928.